The van der Waals surface area contributed by atoms with Gasteiger partial charge < -0.3 is 4.90 Å². The molecule has 2 aliphatic heterocycles. The Morgan fingerprint density at radius 3 is 2.33 bits per heavy atom. The third kappa shape index (κ3) is 5.57. The van der Waals surface area contributed by atoms with Crippen molar-refractivity contribution in [3.05, 3.63) is 30.3 Å². The normalized spacial score (nSPS) is 22.3. The van der Waals surface area contributed by atoms with Crippen LogP contribution in [-0.2, 0) is 4.79 Å². The van der Waals surface area contributed by atoms with Gasteiger partial charge in [-0.3, -0.25) is 9.69 Å². The number of nitrogens with zero attached hydrogens (tertiary/aromatic N) is 2. The number of carbonyl (C=O) groups is 1. The molecule has 0 amide bonds. The van der Waals surface area contributed by atoms with E-state index in [1.807, 2.05) is 0 Å². The molecule has 2 heterocycles. The average molecular weight is 371 g/mol. The van der Waals surface area contributed by atoms with E-state index < -0.39 is 0 Å². The lowest BCUT2D eigenvalue weighted by atomic mass is 10.0. The van der Waals surface area contributed by atoms with Crippen LogP contribution in [0.1, 0.15) is 84.0 Å². The number of fused-ring (bicyclic) bond motifs is 1. The summed E-state index contributed by atoms with van der Waals surface area (Å²) in [4.78, 5) is 17.9. The molecule has 0 aromatic heterocycles. The summed E-state index contributed by atoms with van der Waals surface area (Å²) in [7, 11) is 0. The molecule has 0 aliphatic carbocycles. The van der Waals surface area contributed by atoms with E-state index in [1.54, 1.807) is 0 Å². The summed E-state index contributed by atoms with van der Waals surface area (Å²) < 4.78 is 0. The van der Waals surface area contributed by atoms with E-state index >= 15 is 0 Å². The lowest BCUT2D eigenvalue weighted by molar-refractivity contribution is -0.123. The highest BCUT2D eigenvalue weighted by molar-refractivity contribution is 5.87. The Bertz CT molecular complexity index is 559. The van der Waals surface area contributed by atoms with Gasteiger partial charge in [0, 0.05) is 31.2 Å². The molecule has 27 heavy (non-hydrogen) atoms. The Balaban J connectivity index is 1.43. The van der Waals surface area contributed by atoms with E-state index in [0.717, 1.165) is 25.9 Å². The van der Waals surface area contributed by atoms with Crippen LogP contribution in [0.3, 0.4) is 0 Å². The molecule has 1 aromatic rings. The summed E-state index contributed by atoms with van der Waals surface area (Å²) in [5.74, 6) is 0.436. The number of rotatable bonds is 12. The van der Waals surface area contributed by atoms with Crippen molar-refractivity contribution >= 4 is 11.5 Å². The number of para-hydroxylation sites is 1. The number of hydrogen-bond donors (Lipinski definition) is 0. The van der Waals surface area contributed by atoms with E-state index in [4.69, 9.17) is 0 Å². The van der Waals surface area contributed by atoms with Crippen LogP contribution in [0.4, 0.5) is 5.69 Å². The molecule has 2 saturated heterocycles. The summed E-state index contributed by atoms with van der Waals surface area (Å²) in [6.07, 6.45) is 15.0. The first-order valence-electron chi connectivity index (χ1n) is 11.4. The molecule has 3 nitrogen and oxygen atoms in total. The highest BCUT2D eigenvalue weighted by Crippen LogP contribution is 2.34. The van der Waals surface area contributed by atoms with Crippen molar-refractivity contribution in [2.75, 3.05) is 18.0 Å². The van der Waals surface area contributed by atoms with Crippen molar-refractivity contribution in [3.63, 3.8) is 0 Å². The van der Waals surface area contributed by atoms with E-state index in [0.29, 0.717) is 11.8 Å². The third-order valence-electron chi connectivity index (χ3n) is 6.34. The molecule has 150 valence electrons. The van der Waals surface area contributed by atoms with Crippen LogP contribution >= 0.6 is 0 Å². The lowest BCUT2D eigenvalue weighted by Gasteiger charge is -2.29. The molecule has 0 spiro atoms. The Hall–Kier alpha value is -1.35. The number of Topliss-reactive ketones (excluding diaryl/α,β-unsaturated/α-hetero) is 1. The molecule has 3 rings (SSSR count). The molecule has 2 atom stereocenters. The monoisotopic (exact) mass is 370 g/mol. The molecule has 2 fully saturated rings. The van der Waals surface area contributed by atoms with E-state index in [2.05, 4.69) is 47.1 Å². The minimum absolute atomic E-state index is 0.0195. The Morgan fingerprint density at radius 2 is 1.63 bits per heavy atom. The fourth-order valence-electron chi connectivity index (χ4n) is 4.85. The van der Waals surface area contributed by atoms with E-state index in [1.165, 1.54) is 69.9 Å². The summed E-state index contributed by atoms with van der Waals surface area (Å²) in [5, 5.41) is 0. The highest BCUT2D eigenvalue weighted by Gasteiger charge is 2.44. The van der Waals surface area contributed by atoms with Gasteiger partial charge in [-0.2, -0.15) is 0 Å². The zero-order valence-corrected chi connectivity index (χ0v) is 17.2. The van der Waals surface area contributed by atoms with E-state index in [9.17, 15) is 4.79 Å². The standard InChI is InChI=1S/C24H38N2O/c1-2-3-4-5-6-7-8-9-13-18-23(27)24-25-19-14-17-22(25)20-26(24)21-15-11-10-12-16-21/h10-12,15-16,22,24H,2-9,13-14,17-20H2,1H3/t22-,24+/m0/s1. The van der Waals surface area contributed by atoms with Gasteiger partial charge in [-0.25, -0.2) is 0 Å². The molecule has 0 radical (unpaired) electrons. The minimum atomic E-state index is -0.0195. The number of hydrogen-bond acceptors (Lipinski definition) is 3. The maximum atomic E-state index is 13.1. The maximum absolute atomic E-state index is 13.1. The first-order chi connectivity index (χ1) is 13.3. The van der Waals surface area contributed by atoms with Crippen molar-refractivity contribution in [1.29, 1.82) is 0 Å². The maximum Gasteiger partial charge on any atom is 0.170 e. The second-order valence-corrected chi connectivity index (χ2v) is 8.44. The topological polar surface area (TPSA) is 23.6 Å². The van der Waals surface area contributed by atoms with Gasteiger partial charge in [-0.1, -0.05) is 76.5 Å². The van der Waals surface area contributed by atoms with Gasteiger partial charge in [0.15, 0.2) is 5.78 Å². The van der Waals surface area contributed by atoms with Crippen LogP contribution in [0.15, 0.2) is 30.3 Å². The summed E-state index contributed by atoms with van der Waals surface area (Å²) >= 11 is 0. The average Bonchev–Trinajstić information content (AvgIpc) is 3.28. The summed E-state index contributed by atoms with van der Waals surface area (Å²) in [6.45, 7) is 4.37. The fourth-order valence-corrected chi connectivity index (χ4v) is 4.85. The van der Waals surface area contributed by atoms with Crippen molar-refractivity contribution in [1.82, 2.24) is 4.90 Å². The predicted octanol–water partition coefficient (Wildman–Crippen LogP) is 5.79. The second kappa shape index (κ2) is 10.8. The number of ketones is 1. The van der Waals surface area contributed by atoms with Crippen LogP contribution in [0.2, 0.25) is 0 Å². The van der Waals surface area contributed by atoms with Crippen LogP contribution in [0.25, 0.3) is 0 Å². The van der Waals surface area contributed by atoms with Gasteiger partial charge in [0.2, 0.25) is 0 Å². The molecule has 0 bridgehead atoms. The number of carbonyl (C=O) groups excluding carboxylic acids is 1. The van der Waals surface area contributed by atoms with Gasteiger partial charge in [0.05, 0.1) is 0 Å². The molecule has 0 N–H and O–H groups in total. The van der Waals surface area contributed by atoms with Gasteiger partial charge in [-0.05, 0) is 31.4 Å². The molecular weight excluding hydrogens is 332 g/mol. The second-order valence-electron chi connectivity index (χ2n) is 8.44. The van der Waals surface area contributed by atoms with E-state index in [-0.39, 0.29) is 6.17 Å². The van der Waals surface area contributed by atoms with Gasteiger partial charge >= 0.3 is 0 Å². The summed E-state index contributed by atoms with van der Waals surface area (Å²) in [6, 6.07) is 11.1. The first-order valence-corrected chi connectivity index (χ1v) is 11.4. The van der Waals surface area contributed by atoms with Gasteiger partial charge in [-0.15, -0.1) is 0 Å². The van der Waals surface area contributed by atoms with Crippen molar-refractivity contribution < 1.29 is 4.79 Å². The largest absolute Gasteiger partial charge is 0.348 e. The molecule has 3 heteroatoms. The lowest BCUT2D eigenvalue weighted by Crippen LogP contribution is -2.45. The quantitative estimate of drug-likeness (QED) is 0.435. The SMILES string of the molecule is CCCCCCCCCCCC(=O)[C@H]1N(c2ccccc2)C[C@@H]2CCCN21. The predicted molar refractivity (Wildman–Crippen MR) is 114 cm³/mol. The Labute approximate surface area is 166 Å². The zero-order chi connectivity index (χ0) is 18.9. The van der Waals surface area contributed by atoms with Crippen molar-refractivity contribution in [2.24, 2.45) is 0 Å². The minimum Gasteiger partial charge on any atom is -0.348 e. The Kier molecular flexibility index (Phi) is 8.19. The van der Waals surface area contributed by atoms with Gasteiger partial charge in [0.25, 0.3) is 0 Å². The highest BCUT2D eigenvalue weighted by atomic mass is 16.1. The van der Waals surface area contributed by atoms with Crippen molar-refractivity contribution in [2.45, 2.75) is 96.2 Å². The molecule has 0 saturated carbocycles. The van der Waals surface area contributed by atoms with Crippen LogP contribution in [-0.4, -0.2) is 36.0 Å². The van der Waals surface area contributed by atoms with Gasteiger partial charge in [0.1, 0.15) is 6.17 Å². The molecule has 2 aliphatic rings. The number of benzene rings is 1. The summed E-state index contributed by atoms with van der Waals surface area (Å²) in [5.41, 5.74) is 1.21. The number of anilines is 1. The zero-order valence-electron chi connectivity index (χ0n) is 17.2. The number of unbranched alkanes of at least 4 members (excludes halogenated alkanes) is 8. The third-order valence-corrected chi connectivity index (χ3v) is 6.34. The van der Waals surface area contributed by atoms with Crippen LogP contribution in [0.5, 0.6) is 0 Å². The molecular formula is C24H38N2O. The fraction of sp³-hybridized carbons (Fsp3) is 0.708. The van der Waals surface area contributed by atoms with Crippen LogP contribution in [0, 0.1) is 0 Å². The Morgan fingerprint density at radius 1 is 0.963 bits per heavy atom. The van der Waals surface area contributed by atoms with Crippen molar-refractivity contribution in [3.8, 4) is 0 Å². The van der Waals surface area contributed by atoms with Crippen LogP contribution < -0.4 is 4.90 Å². The molecule has 0 unspecified atom stereocenters. The smallest absolute Gasteiger partial charge is 0.170 e. The first kappa shape index (κ1) is 20.4. The molecule has 1 aromatic carbocycles.